The Bertz CT molecular complexity index is 420. The van der Waals surface area contributed by atoms with Gasteiger partial charge in [-0.15, -0.1) is 0 Å². The van der Waals surface area contributed by atoms with Crippen LogP contribution < -0.4 is 0 Å². The number of hydrogen-bond donors (Lipinski definition) is 7. The summed E-state index contributed by atoms with van der Waals surface area (Å²) in [4.78, 5) is 22.7. The molecule has 0 aromatic heterocycles. The van der Waals surface area contributed by atoms with E-state index in [4.69, 9.17) is 10.2 Å². The van der Waals surface area contributed by atoms with Crippen molar-refractivity contribution in [2.75, 3.05) is 6.61 Å². The van der Waals surface area contributed by atoms with E-state index in [1.807, 2.05) is 0 Å². The van der Waals surface area contributed by atoms with Crippen molar-refractivity contribution in [2.45, 2.75) is 36.1 Å². The summed E-state index contributed by atoms with van der Waals surface area (Å²) in [6, 6.07) is 0. The second-order valence-electron chi connectivity index (χ2n) is 4.50. The fourth-order valence-electron chi connectivity index (χ4n) is 1.62. The van der Waals surface area contributed by atoms with Crippen LogP contribution in [-0.4, -0.2) is 90.0 Å². The van der Waals surface area contributed by atoms with Crippen LogP contribution in [0.3, 0.4) is 0 Å². The lowest BCUT2D eigenvalue weighted by atomic mass is 9.79. The van der Waals surface area contributed by atoms with Crippen molar-refractivity contribution in [2.24, 2.45) is 0 Å². The zero-order valence-electron chi connectivity index (χ0n) is 10.2. The van der Waals surface area contributed by atoms with Crippen molar-refractivity contribution in [3.8, 4) is 0 Å². The second kappa shape index (κ2) is 6.06. The largest absolute Gasteiger partial charge is 0.394 e. The second-order valence-corrected chi connectivity index (χ2v) is 4.50. The van der Waals surface area contributed by atoms with Gasteiger partial charge in [-0.05, 0) is 12.2 Å². The van der Waals surface area contributed by atoms with Crippen molar-refractivity contribution in [3.05, 3.63) is 12.2 Å². The van der Waals surface area contributed by atoms with Gasteiger partial charge in [-0.2, -0.15) is 0 Å². The quantitative estimate of drug-likeness (QED) is 0.243. The average molecular weight is 292 g/mol. The Hall–Kier alpha value is -1.20. The minimum atomic E-state index is -2.47. The summed E-state index contributed by atoms with van der Waals surface area (Å²) in [6.45, 7) is -0.938. The number of hydrogen-bond acceptors (Lipinski definition) is 9. The summed E-state index contributed by atoms with van der Waals surface area (Å²) in [6.07, 6.45) is -9.05. The van der Waals surface area contributed by atoms with Gasteiger partial charge in [0.2, 0.25) is 0 Å². The SMILES string of the molecule is O=C(C(O)C(O)C(O)C(O)CO)C(O)C1(O)C=CC1=O. The number of carbonyl (C=O) groups excluding carboxylic acids is 2. The zero-order chi connectivity index (χ0) is 15.7. The molecule has 0 amide bonds. The van der Waals surface area contributed by atoms with E-state index in [9.17, 15) is 35.1 Å². The van der Waals surface area contributed by atoms with Crippen LogP contribution in [0.5, 0.6) is 0 Å². The first-order valence-electron chi connectivity index (χ1n) is 5.67. The third kappa shape index (κ3) is 2.79. The Balaban J connectivity index is 2.76. The summed E-state index contributed by atoms with van der Waals surface area (Å²) in [5, 5.41) is 65.0. The molecule has 9 nitrogen and oxygen atoms in total. The molecule has 9 heteroatoms. The van der Waals surface area contributed by atoms with Crippen LogP contribution >= 0.6 is 0 Å². The molecule has 0 radical (unpaired) electrons. The molecule has 0 spiro atoms. The smallest absolute Gasteiger partial charge is 0.196 e. The minimum absolute atomic E-state index is 0.843. The summed E-state index contributed by atoms with van der Waals surface area (Å²) < 4.78 is 0. The number of carbonyl (C=O) groups is 2. The first kappa shape index (κ1) is 16.9. The lowest BCUT2D eigenvalue weighted by molar-refractivity contribution is -0.167. The Morgan fingerprint density at radius 2 is 1.70 bits per heavy atom. The van der Waals surface area contributed by atoms with E-state index in [0.717, 1.165) is 12.2 Å². The fraction of sp³-hybridized carbons (Fsp3) is 0.636. The highest BCUT2D eigenvalue weighted by Crippen LogP contribution is 2.25. The van der Waals surface area contributed by atoms with Gasteiger partial charge in [0.15, 0.2) is 23.3 Å². The molecule has 1 aliphatic carbocycles. The standard InChI is InChI=1S/C11H16O9/c12-3-4(13)6(15)7(16)8(17)9(18)10(19)11(20)2-1-5(11)14/h1-2,4,6-8,10,12-13,15-17,19-20H,3H2. The van der Waals surface area contributed by atoms with Gasteiger partial charge in [-0.3, -0.25) is 9.59 Å². The van der Waals surface area contributed by atoms with E-state index in [0.29, 0.717) is 0 Å². The molecular weight excluding hydrogens is 276 g/mol. The van der Waals surface area contributed by atoms with E-state index in [2.05, 4.69) is 0 Å². The monoisotopic (exact) mass is 292 g/mol. The van der Waals surface area contributed by atoms with Gasteiger partial charge < -0.3 is 35.7 Å². The minimum Gasteiger partial charge on any atom is -0.394 e. The van der Waals surface area contributed by atoms with E-state index < -0.39 is 54.3 Å². The first-order valence-corrected chi connectivity index (χ1v) is 5.67. The van der Waals surface area contributed by atoms with E-state index in [-0.39, 0.29) is 0 Å². The van der Waals surface area contributed by atoms with Crippen LogP contribution in [-0.2, 0) is 9.59 Å². The lowest BCUT2D eigenvalue weighted by Gasteiger charge is -2.34. The summed E-state index contributed by atoms with van der Waals surface area (Å²) in [5.74, 6) is -2.46. The maximum Gasteiger partial charge on any atom is 0.196 e. The highest BCUT2D eigenvalue weighted by atomic mass is 16.4. The number of aliphatic hydroxyl groups excluding tert-OH is 6. The van der Waals surface area contributed by atoms with Crippen LogP contribution in [0.4, 0.5) is 0 Å². The van der Waals surface area contributed by atoms with Crippen molar-refractivity contribution in [1.29, 1.82) is 0 Å². The Morgan fingerprint density at radius 3 is 2.05 bits per heavy atom. The molecule has 0 saturated carbocycles. The van der Waals surface area contributed by atoms with Gasteiger partial charge in [0.1, 0.15) is 24.4 Å². The maximum absolute atomic E-state index is 11.6. The summed E-state index contributed by atoms with van der Waals surface area (Å²) in [7, 11) is 0. The Labute approximate surface area is 113 Å². The first-order chi connectivity index (χ1) is 9.16. The van der Waals surface area contributed by atoms with Gasteiger partial charge >= 0.3 is 0 Å². The topological polar surface area (TPSA) is 176 Å². The van der Waals surface area contributed by atoms with Crippen LogP contribution in [0.15, 0.2) is 12.2 Å². The van der Waals surface area contributed by atoms with Crippen molar-refractivity contribution >= 4 is 11.6 Å². The van der Waals surface area contributed by atoms with E-state index in [1.54, 1.807) is 0 Å². The van der Waals surface area contributed by atoms with Gasteiger partial charge in [0, 0.05) is 0 Å². The van der Waals surface area contributed by atoms with Gasteiger partial charge in [0.05, 0.1) is 6.61 Å². The van der Waals surface area contributed by atoms with E-state index >= 15 is 0 Å². The van der Waals surface area contributed by atoms with Crippen LogP contribution in [0.2, 0.25) is 0 Å². The van der Waals surface area contributed by atoms with Crippen molar-refractivity contribution < 1.29 is 45.3 Å². The number of ketones is 2. The average Bonchev–Trinajstić information content (AvgIpc) is 2.47. The number of rotatable bonds is 7. The lowest BCUT2D eigenvalue weighted by Crippen LogP contribution is -2.60. The maximum atomic E-state index is 11.6. The molecule has 1 aliphatic rings. The number of aliphatic hydroxyl groups is 7. The van der Waals surface area contributed by atoms with Crippen LogP contribution in [0.1, 0.15) is 0 Å². The fourth-order valence-corrected chi connectivity index (χ4v) is 1.62. The van der Waals surface area contributed by atoms with E-state index in [1.165, 1.54) is 0 Å². The molecule has 0 aliphatic heterocycles. The molecule has 7 N–H and O–H groups in total. The number of Topliss-reactive ketones (excluding diaryl/α,β-unsaturated/α-hetero) is 1. The Morgan fingerprint density at radius 1 is 1.15 bits per heavy atom. The van der Waals surface area contributed by atoms with Gasteiger partial charge in [-0.1, -0.05) is 0 Å². The molecule has 0 aromatic rings. The molecular formula is C11H16O9. The predicted molar refractivity (Wildman–Crippen MR) is 61.2 cm³/mol. The normalized spacial score (nSPS) is 29.2. The van der Waals surface area contributed by atoms with Crippen molar-refractivity contribution in [1.82, 2.24) is 0 Å². The summed E-state index contributed by atoms with van der Waals surface area (Å²) >= 11 is 0. The Kier molecular flexibility index (Phi) is 5.10. The summed E-state index contributed by atoms with van der Waals surface area (Å²) in [5.41, 5.74) is -2.47. The van der Waals surface area contributed by atoms with Gasteiger partial charge in [0.25, 0.3) is 0 Å². The molecule has 1 rings (SSSR count). The molecule has 0 fully saturated rings. The third-order valence-corrected chi connectivity index (χ3v) is 3.12. The van der Waals surface area contributed by atoms with Crippen LogP contribution in [0, 0.1) is 0 Å². The van der Waals surface area contributed by atoms with Crippen molar-refractivity contribution in [3.63, 3.8) is 0 Å². The molecule has 6 atom stereocenters. The molecule has 0 bridgehead atoms. The molecule has 20 heavy (non-hydrogen) atoms. The zero-order valence-corrected chi connectivity index (χ0v) is 10.2. The predicted octanol–water partition coefficient (Wildman–Crippen LogP) is -4.78. The third-order valence-electron chi connectivity index (χ3n) is 3.12. The molecule has 6 unspecified atom stereocenters. The molecule has 0 heterocycles. The molecule has 0 saturated heterocycles. The van der Waals surface area contributed by atoms with Crippen LogP contribution in [0.25, 0.3) is 0 Å². The molecule has 114 valence electrons. The molecule has 0 aromatic carbocycles. The van der Waals surface area contributed by atoms with Gasteiger partial charge in [-0.25, -0.2) is 0 Å². The highest BCUT2D eigenvalue weighted by molar-refractivity contribution is 6.10. The highest BCUT2D eigenvalue weighted by Gasteiger charge is 2.51.